The van der Waals surface area contributed by atoms with Gasteiger partial charge in [-0.15, -0.1) is 5.10 Å². The van der Waals surface area contributed by atoms with Gasteiger partial charge < -0.3 is 9.30 Å². The molecule has 0 radical (unpaired) electrons. The molecule has 5 aromatic rings. The number of nitrogens with zero attached hydrogens (tertiary/aromatic N) is 5. The first-order valence-corrected chi connectivity index (χ1v) is 14.3. The molecule has 1 aliphatic rings. The normalized spacial score (nSPS) is 17.3. The Bertz CT molecular complexity index is 1950. The van der Waals surface area contributed by atoms with Crippen LogP contribution in [0.25, 0.3) is 33.2 Å². The maximum absolute atomic E-state index is 15.7. The monoisotopic (exact) mass is 554 g/mol. The summed E-state index contributed by atoms with van der Waals surface area (Å²) in [5.41, 5.74) is 1.11. The third kappa shape index (κ3) is 4.20. The van der Waals surface area contributed by atoms with E-state index in [1.807, 2.05) is 0 Å². The molecule has 0 spiro atoms. The van der Waals surface area contributed by atoms with E-state index in [2.05, 4.69) is 15.3 Å². The molecule has 11 heteroatoms. The van der Waals surface area contributed by atoms with Gasteiger partial charge in [0.15, 0.2) is 9.84 Å². The zero-order valence-corrected chi connectivity index (χ0v) is 22.0. The van der Waals surface area contributed by atoms with Crippen molar-refractivity contribution in [2.75, 3.05) is 19.5 Å². The van der Waals surface area contributed by atoms with E-state index in [-0.39, 0.29) is 38.6 Å². The lowest BCUT2D eigenvalue weighted by Gasteiger charge is -2.33. The van der Waals surface area contributed by atoms with Gasteiger partial charge in [-0.2, -0.15) is 0 Å². The van der Waals surface area contributed by atoms with Crippen molar-refractivity contribution >= 4 is 31.8 Å². The number of benzene rings is 2. The van der Waals surface area contributed by atoms with Crippen LogP contribution in [-0.4, -0.2) is 52.4 Å². The number of halogens is 2. The fraction of sp³-hybridized carbons (Fsp3) is 0.321. The van der Waals surface area contributed by atoms with Crippen LogP contribution in [0.5, 0.6) is 0 Å². The predicted molar refractivity (Wildman–Crippen MR) is 143 cm³/mol. The van der Waals surface area contributed by atoms with Gasteiger partial charge in [-0.25, -0.2) is 21.9 Å². The Hall–Kier alpha value is -3.70. The number of ether oxygens (including phenoxy) is 1. The summed E-state index contributed by atoms with van der Waals surface area (Å²) in [6.07, 6.45) is 3.52. The van der Waals surface area contributed by atoms with Crippen molar-refractivity contribution in [3.8, 4) is 11.3 Å². The maximum atomic E-state index is 15.7. The number of aromatic nitrogens is 5. The molecule has 8 nitrogen and oxygen atoms in total. The second kappa shape index (κ2) is 9.49. The summed E-state index contributed by atoms with van der Waals surface area (Å²) in [6.45, 7) is -1.74. The molecule has 0 saturated carbocycles. The summed E-state index contributed by atoms with van der Waals surface area (Å²) in [7, 11) is -2.35. The molecule has 202 valence electrons. The number of fused-ring (bicyclic) bond motifs is 3. The molecule has 4 heterocycles. The molecule has 1 atom stereocenters. The van der Waals surface area contributed by atoms with Gasteiger partial charge in [0.2, 0.25) is 0 Å². The van der Waals surface area contributed by atoms with Crippen LogP contribution in [0, 0.1) is 24.4 Å². The van der Waals surface area contributed by atoms with E-state index in [0.717, 1.165) is 12.3 Å². The van der Waals surface area contributed by atoms with E-state index in [1.54, 1.807) is 35.9 Å². The van der Waals surface area contributed by atoms with E-state index in [1.165, 1.54) is 23.0 Å². The molecular weight excluding hydrogens is 524 g/mol. The third-order valence-electron chi connectivity index (χ3n) is 7.41. The minimum Gasteiger partial charge on any atom is -0.381 e. The molecule has 1 saturated heterocycles. The second-order valence-corrected chi connectivity index (χ2v) is 11.8. The smallest absolute Gasteiger partial charge is 0.177 e. The molecule has 1 aliphatic heterocycles. The van der Waals surface area contributed by atoms with E-state index in [4.69, 9.17) is 8.85 Å². The van der Waals surface area contributed by atoms with E-state index < -0.39 is 34.4 Å². The van der Waals surface area contributed by atoms with E-state index in [9.17, 15) is 8.42 Å². The van der Waals surface area contributed by atoms with Crippen molar-refractivity contribution in [1.82, 2.24) is 24.5 Å². The molecule has 0 amide bonds. The van der Waals surface area contributed by atoms with Crippen LogP contribution in [-0.2, 0) is 21.6 Å². The summed E-state index contributed by atoms with van der Waals surface area (Å²) in [5.74, 6) is -1.39. The Labute approximate surface area is 228 Å². The first kappa shape index (κ1) is 22.2. The molecule has 1 fully saturated rings. The zero-order valence-electron chi connectivity index (χ0n) is 24.2. The lowest BCUT2D eigenvalue weighted by molar-refractivity contribution is 0.0548. The van der Waals surface area contributed by atoms with Crippen molar-refractivity contribution in [1.29, 1.82) is 0 Å². The van der Waals surface area contributed by atoms with Gasteiger partial charge in [0.25, 0.3) is 0 Å². The van der Waals surface area contributed by atoms with Crippen molar-refractivity contribution in [2.24, 2.45) is 13.0 Å². The Balaban J connectivity index is 1.78. The number of sulfone groups is 1. The number of pyridine rings is 1. The zero-order chi connectivity index (χ0) is 30.0. The van der Waals surface area contributed by atoms with Crippen LogP contribution in [0.1, 0.15) is 34.3 Å². The molecule has 0 N–H and O–H groups in total. The van der Waals surface area contributed by atoms with Crippen LogP contribution >= 0.6 is 0 Å². The molecule has 0 aliphatic carbocycles. The van der Waals surface area contributed by atoms with Gasteiger partial charge in [0, 0.05) is 48.0 Å². The van der Waals surface area contributed by atoms with Crippen molar-refractivity contribution in [3.63, 3.8) is 0 Å². The largest absolute Gasteiger partial charge is 0.381 e. The van der Waals surface area contributed by atoms with Gasteiger partial charge in [0.1, 0.15) is 11.6 Å². The third-order valence-corrected chi connectivity index (χ3v) is 8.54. The fourth-order valence-corrected chi connectivity index (χ4v) is 6.58. The first-order valence-electron chi connectivity index (χ1n) is 13.9. The lowest BCUT2D eigenvalue weighted by Crippen LogP contribution is -2.28. The van der Waals surface area contributed by atoms with Crippen molar-refractivity contribution in [3.05, 3.63) is 71.6 Å². The minimum atomic E-state index is -3.89. The van der Waals surface area contributed by atoms with Crippen molar-refractivity contribution in [2.45, 2.75) is 30.6 Å². The predicted octanol–water partition coefficient (Wildman–Crippen LogP) is 4.99. The summed E-state index contributed by atoms with van der Waals surface area (Å²) >= 11 is 0. The van der Waals surface area contributed by atoms with Gasteiger partial charge in [-0.1, -0.05) is 23.4 Å². The number of rotatable bonds is 5. The highest BCUT2D eigenvalue weighted by atomic mass is 32.2. The topological polar surface area (TPSA) is 91.9 Å². The van der Waals surface area contributed by atoms with Crippen LogP contribution in [0.3, 0.4) is 0 Å². The number of hydrogen-bond acceptors (Lipinski definition) is 6. The van der Waals surface area contributed by atoms with E-state index in [0.29, 0.717) is 42.7 Å². The van der Waals surface area contributed by atoms with Crippen LogP contribution in [0.2, 0.25) is 0 Å². The summed E-state index contributed by atoms with van der Waals surface area (Å²) in [6, 6.07) is 9.40. The number of hydrogen-bond donors (Lipinski definition) is 0. The lowest BCUT2D eigenvalue weighted by atomic mass is 9.86. The summed E-state index contributed by atoms with van der Waals surface area (Å²) in [4.78, 5) is 4.42. The average Bonchev–Trinajstić information content (AvgIpc) is 3.49. The standard InChI is InChI=1S/C28H27F2N5O3S/c1-16-26(34(2)33-32-16)18-14-22-25(31-15-18)24-21(30)8-9-23(39(3,36)37)28(24)35(22)27(17-10-12-38-13-11-17)19-6-4-5-7-20(19)29/h4-9,14-15,17,27H,10-13H2,1-3H3/t27-/m0/s1/i1D3. The van der Waals surface area contributed by atoms with Crippen LogP contribution in [0.15, 0.2) is 53.6 Å². The first-order chi connectivity index (χ1) is 19.9. The highest BCUT2D eigenvalue weighted by Crippen LogP contribution is 2.44. The van der Waals surface area contributed by atoms with Gasteiger partial charge in [0.05, 0.1) is 44.3 Å². The van der Waals surface area contributed by atoms with Crippen molar-refractivity contribution < 1.29 is 26.0 Å². The van der Waals surface area contributed by atoms with E-state index >= 15 is 8.78 Å². The Kier molecular flexibility index (Phi) is 5.39. The molecule has 39 heavy (non-hydrogen) atoms. The van der Waals surface area contributed by atoms with Gasteiger partial charge in [-0.05, 0) is 49.9 Å². The SMILES string of the molecule is [2H]C([2H])([2H])c1nnn(C)c1-c1cnc2c3c(F)ccc(S(C)(=O)=O)c3n([C@H](c3ccccc3F)C3CCOCC3)c2c1. The molecule has 0 unspecified atom stereocenters. The molecular formula is C28H27F2N5O3S. The number of aryl methyl sites for hydroxylation is 2. The highest BCUT2D eigenvalue weighted by Gasteiger charge is 2.34. The van der Waals surface area contributed by atoms with Gasteiger partial charge in [-0.3, -0.25) is 4.98 Å². The Morgan fingerprint density at radius 3 is 2.62 bits per heavy atom. The summed E-state index contributed by atoms with van der Waals surface area (Å²) < 4.78 is 90.0. The fourth-order valence-electron chi connectivity index (χ4n) is 5.71. The maximum Gasteiger partial charge on any atom is 0.177 e. The highest BCUT2D eigenvalue weighted by molar-refractivity contribution is 7.91. The molecule has 0 bridgehead atoms. The quantitative estimate of drug-likeness (QED) is 0.284. The van der Waals surface area contributed by atoms with Crippen LogP contribution in [0.4, 0.5) is 8.78 Å². The Morgan fingerprint density at radius 2 is 1.90 bits per heavy atom. The second-order valence-electron chi connectivity index (χ2n) is 9.83. The van der Waals surface area contributed by atoms with Crippen LogP contribution < -0.4 is 0 Å². The molecule has 3 aromatic heterocycles. The Morgan fingerprint density at radius 1 is 1.13 bits per heavy atom. The van der Waals surface area contributed by atoms with Gasteiger partial charge >= 0.3 is 0 Å². The average molecular weight is 555 g/mol. The molecule has 2 aromatic carbocycles. The summed E-state index contributed by atoms with van der Waals surface area (Å²) in [5, 5.41) is 7.73. The molecule has 6 rings (SSSR count). The minimum absolute atomic E-state index is 0.0213.